The van der Waals surface area contributed by atoms with Crippen molar-refractivity contribution in [3.63, 3.8) is 0 Å². The summed E-state index contributed by atoms with van der Waals surface area (Å²) in [6.45, 7) is 0. The Morgan fingerprint density at radius 3 is 2.69 bits per heavy atom. The fourth-order valence-electron chi connectivity index (χ4n) is 2.48. The van der Waals surface area contributed by atoms with Crippen LogP contribution in [0.1, 0.15) is 0 Å². The molecule has 0 aliphatic rings. The second-order valence-electron chi connectivity index (χ2n) is 5.26. The minimum absolute atomic E-state index is 0.112. The summed E-state index contributed by atoms with van der Waals surface area (Å²) in [5.41, 5.74) is 1.44. The zero-order chi connectivity index (χ0) is 17.9. The van der Waals surface area contributed by atoms with Crippen molar-refractivity contribution in [2.45, 2.75) is 9.50 Å². The molecule has 2 aromatic carbocycles. The van der Waals surface area contributed by atoms with Crippen molar-refractivity contribution in [1.29, 1.82) is 0 Å². The first-order chi connectivity index (χ1) is 12.8. The van der Waals surface area contributed by atoms with Gasteiger partial charge in [0.1, 0.15) is 11.5 Å². The summed E-state index contributed by atoms with van der Waals surface area (Å²) in [6, 6.07) is 14.8. The average Bonchev–Trinajstić information content (AvgIpc) is 3.33. The number of phenolic OH excluding ortho intramolecular Hbond substituents is 1. The second-order valence-corrected chi connectivity index (χ2v) is 7.37. The lowest BCUT2D eigenvalue weighted by atomic mass is 10.1. The van der Waals surface area contributed by atoms with Gasteiger partial charge in [-0.2, -0.15) is 0 Å². The normalized spacial score (nSPS) is 10.8. The van der Waals surface area contributed by atoms with E-state index in [2.05, 4.69) is 15.2 Å². The van der Waals surface area contributed by atoms with Crippen molar-refractivity contribution in [3.8, 4) is 28.6 Å². The van der Waals surface area contributed by atoms with Gasteiger partial charge in [0.05, 0.1) is 12.7 Å². The van der Waals surface area contributed by atoms with E-state index in [1.165, 1.54) is 23.1 Å². The molecule has 0 aliphatic carbocycles. The number of aromatic hydroxyl groups is 1. The average molecular weight is 382 g/mol. The summed E-state index contributed by atoms with van der Waals surface area (Å²) < 4.78 is 8.06. The quantitative estimate of drug-likeness (QED) is 0.556. The summed E-state index contributed by atoms with van der Waals surface area (Å²) in [5.74, 6) is 1.28. The molecule has 0 saturated carbocycles. The predicted octanol–water partition coefficient (Wildman–Crippen LogP) is 4.26. The molecule has 0 radical (unpaired) electrons. The highest BCUT2D eigenvalue weighted by atomic mass is 32.2. The van der Waals surface area contributed by atoms with Crippen LogP contribution in [0.5, 0.6) is 11.5 Å². The summed E-state index contributed by atoms with van der Waals surface area (Å²) in [7, 11) is 1.59. The standard InChI is InChI=1S/C18H14N4O2S2/c1-24-13-7-8-15(23)14(11-13)16-20-21-17(26-18-19-9-10-25-18)22(16)12-5-3-2-4-6-12/h2-11,23H,1H3. The number of aromatic nitrogens is 4. The molecule has 8 heteroatoms. The van der Waals surface area contributed by atoms with Crippen LogP contribution >= 0.6 is 23.1 Å². The zero-order valence-electron chi connectivity index (χ0n) is 13.7. The van der Waals surface area contributed by atoms with Crippen molar-refractivity contribution >= 4 is 23.1 Å². The largest absolute Gasteiger partial charge is 0.507 e. The highest BCUT2D eigenvalue weighted by Gasteiger charge is 2.20. The van der Waals surface area contributed by atoms with Gasteiger partial charge in [0.15, 0.2) is 10.2 Å². The number of ether oxygens (including phenoxy) is 1. The van der Waals surface area contributed by atoms with Gasteiger partial charge in [-0.1, -0.05) is 18.2 Å². The molecule has 0 spiro atoms. The number of thiazole rings is 1. The van der Waals surface area contributed by atoms with E-state index in [4.69, 9.17) is 4.74 Å². The third kappa shape index (κ3) is 3.16. The van der Waals surface area contributed by atoms with E-state index in [1.54, 1.807) is 31.5 Å². The first-order valence-corrected chi connectivity index (χ1v) is 9.41. The van der Waals surface area contributed by atoms with Crippen molar-refractivity contribution in [2.75, 3.05) is 7.11 Å². The molecule has 130 valence electrons. The van der Waals surface area contributed by atoms with Crippen LogP contribution in [-0.2, 0) is 0 Å². The number of hydrogen-bond donors (Lipinski definition) is 1. The Morgan fingerprint density at radius 2 is 1.96 bits per heavy atom. The lowest BCUT2D eigenvalue weighted by Crippen LogP contribution is -1.99. The predicted molar refractivity (Wildman–Crippen MR) is 101 cm³/mol. The van der Waals surface area contributed by atoms with E-state index < -0.39 is 0 Å². The molecule has 4 aromatic rings. The zero-order valence-corrected chi connectivity index (χ0v) is 15.4. The van der Waals surface area contributed by atoms with Gasteiger partial charge >= 0.3 is 0 Å². The molecule has 0 aliphatic heterocycles. The molecular formula is C18H14N4O2S2. The highest BCUT2D eigenvalue weighted by molar-refractivity contribution is 8.00. The van der Waals surface area contributed by atoms with Gasteiger partial charge in [-0.15, -0.1) is 21.5 Å². The third-order valence-electron chi connectivity index (χ3n) is 3.68. The van der Waals surface area contributed by atoms with Crippen LogP contribution < -0.4 is 4.74 Å². The molecule has 4 rings (SSSR count). The lowest BCUT2D eigenvalue weighted by Gasteiger charge is -2.11. The van der Waals surface area contributed by atoms with Crippen molar-refractivity contribution in [2.24, 2.45) is 0 Å². The van der Waals surface area contributed by atoms with Crippen molar-refractivity contribution < 1.29 is 9.84 Å². The van der Waals surface area contributed by atoms with E-state index in [0.717, 1.165) is 10.0 Å². The molecule has 6 nitrogen and oxygen atoms in total. The van der Waals surface area contributed by atoms with Crippen molar-refractivity contribution in [1.82, 2.24) is 19.7 Å². The summed E-state index contributed by atoms with van der Waals surface area (Å²) in [4.78, 5) is 4.30. The van der Waals surface area contributed by atoms with Crippen LogP contribution in [0.15, 0.2) is 69.6 Å². The number of methoxy groups -OCH3 is 1. The van der Waals surface area contributed by atoms with Gasteiger partial charge in [-0.05, 0) is 42.1 Å². The van der Waals surface area contributed by atoms with E-state index >= 15 is 0 Å². The number of rotatable bonds is 5. The fraction of sp³-hybridized carbons (Fsp3) is 0.0556. The molecule has 0 unspecified atom stereocenters. The van der Waals surface area contributed by atoms with E-state index in [0.29, 0.717) is 22.3 Å². The van der Waals surface area contributed by atoms with Crippen LogP contribution in [0, 0.1) is 0 Å². The Hall–Kier alpha value is -2.84. The molecule has 1 N–H and O–H groups in total. The minimum Gasteiger partial charge on any atom is -0.507 e. The van der Waals surface area contributed by atoms with Gasteiger partial charge in [0.25, 0.3) is 0 Å². The number of hydrogen-bond acceptors (Lipinski definition) is 7. The Labute approximate surface area is 158 Å². The van der Waals surface area contributed by atoms with Gasteiger partial charge in [0, 0.05) is 17.3 Å². The summed E-state index contributed by atoms with van der Waals surface area (Å²) >= 11 is 2.97. The van der Waals surface area contributed by atoms with E-state index in [9.17, 15) is 5.11 Å². The summed E-state index contributed by atoms with van der Waals surface area (Å²) in [5, 5.41) is 21.6. The van der Waals surface area contributed by atoms with Gasteiger partial charge in [0.2, 0.25) is 5.16 Å². The maximum Gasteiger partial charge on any atom is 0.203 e. The SMILES string of the molecule is COc1ccc(O)c(-c2nnc(Sc3nccs3)n2-c2ccccc2)c1. The van der Waals surface area contributed by atoms with Crippen LogP contribution in [0.25, 0.3) is 17.1 Å². The third-order valence-corrected chi connectivity index (χ3v) is 5.51. The Morgan fingerprint density at radius 1 is 1.12 bits per heavy atom. The highest BCUT2D eigenvalue weighted by Crippen LogP contribution is 2.37. The van der Waals surface area contributed by atoms with Gasteiger partial charge in [-0.3, -0.25) is 4.57 Å². The number of nitrogens with zero attached hydrogens (tertiary/aromatic N) is 4. The first kappa shape index (κ1) is 16.6. The Balaban J connectivity index is 1.89. The second kappa shape index (κ2) is 7.19. The first-order valence-electron chi connectivity index (χ1n) is 7.72. The molecule has 0 saturated heterocycles. The van der Waals surface area contributed by atoms with Crippen LogP contribution in [-0.4, -0.2) is 32.0 Å². The molecule has 0 bridgehead atoms. The monoisotopic (exact) mass is 382 g/mol. The molecule has 0 atom stereocenters. The van der Waals surface area contributed by atoms with E-state index in [-0.39, 0.29) is 5.75 Å². The molecule has 2 heterocycles. The Kier molecular flexibility index (Phi) is 4.59. The molecule has 0 fully saturated rings. The van der Waals surface area contributed by atoms with Crippen LogP contribution in [0.3, 0.4) is 0 Å². The maximum atomic E-state index is 10.4. The van der Waals surface area contributed by atoms with Crippen molar-refractivity contribution in [3.05, 3.63) is 60.1 Å². The fourth-order valence-corrected chi connectivity index (χ4v) is 4.06. The molecule has 26 heavy (non-hydrogen) atoms. The van der Waals surface area contributed by atoms with Crippen LogP contribution in [0.4, 0.5) is 0 Å². The minimum atomic E-state index is 0.112. The Bertz CT molecular complexity index is 1020. The van der Waals surface area contributed by atoms with Crippen LogP contribution in [0.2, 0.25) is 0 Å². The van der Waals surface area contributed by atoms with Gasteiger partial charge in [-0.25, -0.2) is 4.98 Å². The lowest BCUT2D eigenvalue weighted by molar-refractivity contribution is 0.412. The number of benzene rings is 2. The van der Waals surface area contributed by atoms with E-state index in [1.807, 2.05) is 40.3 Å². The molecule has 0 amide bonds. The number of para-hydroxylation sites is 1. The maximum absolute atomic E-state index is 10.4. The topological polar surface area (TPSA) is 73.1 Å². The smallest absolute Gasteiger partial charge is 0.203 e. The molecule has 2 aromatic heterocycles. The number of phenols is 1. The summed E-state index contributed by atoms with van der Waals surface area (Å²) in [6.07, 6.45) is 1.75. The van der Waals surface area contributed by atoms with Gasteiger partial charge < -0.3 is 9.84 Å². The molecular weight excluding hydrogens is 368 g/mol.